The van der Waals surface area contributed by atoms with Gasteiger partial charge in [0.15, 0.2) is 0 Å². The van der Waals surface area contributed by atoms with Crippen LogP contribution in [0.3, 0.4) is 0 Å². The van der Waals surface area contributed by atoms with Crippen LogP contribution in [0.1, 0.15) is 33.1 Å². The number of hydrogen-bond acceptors (Lipinski definition) is 5. The normalized spacial score (nSPS) is 17.5. The number of nitrogens with two attached hydrogens (primary N) is 1. The van der Waals surface area contributed by atoms with Gasteiger partial charge in [0.1, 0.15) is 5.75 Å². The average molecular weight is 494 g/mol. The average Bonchev–Trinajstić information content (AvgIpc) is 3.26. The zero-order valence-electron chi connectivity index (χ0n) is 19.0. The summed E-state index contributed by atoms with van der Waals surface area (Å²) in [5.41, 5.74) is 8.71. The van der Waals surface area contributed by atoms with Gasteiger partial charge in [-0.25, -0.2) is 13.6 Å². The Kier molecular flexibility index (Phi) is 7.18. The highest BCUT2D eigenvalue weighted by atomic mass is 19.3. The summed E-state index contributed by atoms with van der Waals surface area (Å²) in [5, 5.41) is 10.0. The number of ether oxygens (including phenoxy) is 1. The molecule has 1 aliphatic heterocycles. The van der Waals surface area contributed by atoms with Gasteiger partial charge in [-0.2, -0.15) is 8.78 Å². The van der Waals surface area contributed by atoms with E-state index in [9.17, 15) is 27.5 Å². The Labute approximate surface area is 199 Å². The monoisotopic (exact) mass is 494 g/mol. The standard InChI is InChI=1S/C24H26F4N4O3/c1-13-8-20(35-24(27)28)17(15-4-5-30-22(13)15)10-32-7-6-31(12-21(25)26)11-19(32)14-2-3-16(23(33)34)18(29)9-14/h2-5,8-9,19,21,24,30H,6-7,10-12,29H2,1H3,(H,33,34)/t19-/m1/s1. The van der Waals surface area contributed by atoms with Gasteiger partial charge in [-0.15, -0.1) is 0 Å². The van der Waals surface area contributed by atoms with Gasteiger partial charge in [0, 0.05) is 60.6 Å². The number of aromatic carboxylic acids is 1. The number of carboxylic acids is 1. The summed E-state index contributed by atoms with van der Waals surface area (Å²) in [6, 6.07) is 7.45. The van der Waals surface area contributed by atoms with E-state index in [1.165, 1.54) is 12.1 Å². The second kappa shape index (κ2) is 10.1. The summed E-state index contributed by atoms with van der Waals surface area (Å²) in [6.07, 6.45) is -0.791. The predicted molar refractivity (Wildman–Crippen MR) is 123 cm³/mol. The van der Waals surface area contributed by atoms with E-state index < -0.39 is 31.6 Å². The van der Waals surface area contributed by atoms with Gasteiger partial charge in [0.2, 0.25) is 0 Å². The van der Waals surface area contributed by atoms with Gasteiger partial charge in [-0.1, -0.05) is 6.07 Å². The van der Waals surface area contributed by atoms with E-state index in [-0.39, 0.29) is 30.1 Å². The van der Waals surface area contributed by atoms with E-state index in [0.717, 1.165) is 16.5 Å². The minimum absolute atomic E-state index is 0.0547. The maximum Gasteiger partial charge on any atom is 0.387 e. The van der Waals surface area contributed by atoms with Crippen molar-refractivity contribution in [2.24, 2.45) is 0 Å². The van der Waals surface area contributed by atoms with Crippen molar-refractivity contribution in [2.45, 2.75) is 32.5 Å². The summed E-state index contributed by atoms with van der Waals surface area (Å²) in [7, 11) is 0. The van der Waals surface area contributed by atoms with Crippen LogP contribution in [0.15, 0.2) is 36.5 Å². The number of H-pyrrole nitrogens is 1. The molecule has 0 aliphatic carbocycles. The number of fused-ring (bicyclic) bond motifs is 1. The molecule has 0 amide bonds. The Morgan fingerprint density at radius 2 is 2.00 bits per heavy atom. The fourth-order valence-corrected chi connectivity index (χ4v) is 4.73. The SMILES string of the molecule is Cc1cc(OC(F)F)c(CN2CCN(CC(F)F)C[C@@H]2c2ccc(C(=O)O)c(N)c2)c2cc[nH]c12. The fourth-order valence-electron chi connectivity index (χ4n) is 4.73. The van der Waals surface area contributed by atoms with Crippen LogP contribution in [0.5, 0.6) is 5.75 Å². The number of rotatable bonds is 8. The number of carbonyl (C=O) groups is 1. The van der Waals surface area contributed by atoms with Crippen LogP contribution in [0.2, 0.25) is 0 Å². The minimum Gasteiger partial charge on any atom is -0.478 e. The number of nitrogen functional groups attached to an aromatic ring is 1. The van der Waals surface area contributed by atoms with Crippen LogP contribution in [-0.4, -0.2) is 65.1 Å². The number of nitrogens with one attached hydrogen (secondary N) is 1. The number of piperazine rings is 1. The molecule has 1 atom stereocenters. The number of hydrogen-bond donors (Lipinski definition) is 3. The van der Waals surface area contributed by atoms with Gasteiger partial charge < -0.3 is 20.6 Å². The molecule has 3 aromatic rings. The molecule has 35 heavy (non-hydrogen) atoms. The third-order valence-electron chi connectivity index (χ3n) is 6.35. The van der Waals surface area contributed by atoms with E-state index >= 15 is 0 Å². The van der Waals surface area contributed by atoms with Crippen LogP contribution >= 0.6 is 0 Å². The van der Waals surface area contributed by atoms with E-state index in [1.54, 1.807) is 36.2 Å². The molecule has 1 aliphatic rings. The molecule has 2 heterocycles. The molecule has 11 heteroatoms. The highest BCUT2D eigenvalue weighted by Gasteiger charge is 2.31. The quantitative estimate of drug-likeness (QED) is 0.316. The molecule has 4 N–H and O–H groups in total. The smallest absolute Gasteiger partial charge is 0.387 e. The van der Waals surface area contributed by atoms with Gasteiger partial charge in [-0.3, -0.25) is 9.80 Å². The number of halogens is 4. The number of benzene rings is 2. The summed E-state index contributed by atoms with van der Waals surface area (Å²) in [4.78, 5) is 18.1. The first-order valence-electron chi connectivity index (χ1n) is 11.1. The van der Waals surface area contributed by atoms with E-state index in [4.69, 9.17) is 10.5 Å². The van der Waals surface area contributed by atoms with Crippen LogP contribution in [0, 0.1) is 6.92 Å². The first-order chi connectivity index (χ1) is 16.6. The molecule has 0 unspecified atom stereocenters. The number of aryl methyl sites for hydroxylation is 1. The predicted octanol–water partition coefficient (Wildman–Crippen LogP) is 4.48. The minimum atomic E-state index is -3.01. The fraction of sp³-hybridized carbons (Fsp3) is 0.375. The lowest BCUT2D eigenvalue weighted by Gasteiger charge is -2.42. The van der Waals surface area contributed by atoms with Crippen molar-refractivity contribution in [3.63, 3.8) is 0 Å². The molecular formula is C24H26F4N4O3. The Hall–Kier alpha value is -3.31. The number of anilines is 1. The van der Waals surface area contributed by atoms with Crippen LogP contribution in [0.4, 0.5) is 23.2 Å². The largest absolute Gasteiger partial charge is 0.478 e. The highest BCUT2D eigenvalue weighted by molar-refractivity contribution is 5.93. The highest BCUT2D eigenvalue weighted by Crippen LogP contribution is 2.36. The molecule has 0 radical (unpaired) electrons. The van der Waals surface area contributed by atoms with Crippen molar-refractivity contribution in [2.75, 3.05) is 31.9 Å². The third kappa shape index (κ3) is 5.35. The Morgan fingerprint density at radius 1 is 1.23 bits per heavy atom. The second-order valence-corrected chi connectivity index (χ2v) is 8.60. The van der Waals surface area contributed by atoms with Gasteiger partial charge >= 0.3 is 12.6 Å². The van der Waals surface area contributed by atoms with Crippen molar-refractivity contribution in [3.05, 3.63) is 58.8 Å². The summed E-state index contributed by atoms with van der Waals surface area (Å²) in [6.45, 7) is -0.429. The van der Waals surface area contributed by atoms with Gasteiger partial charge in [0.25, 0.3) is 6.43 Å². The first kappa shape index (κ1) is 24.8. The number of aromatic nitrogens is 1. The molecule has 1 aromatic heterocycles. The molecular weight excluding hydrogens is 468 g/mol. The molecule has 0 saturated carbocycles. The van der Waals surface area contributed by atoms with Gasteiger partial charge in [0.05, 0.1) is 12.1 Å². The lowest BCUT2D eigenvalue weighted by Crippen LogP contribution is -2.49. The van der Waals surface area contributed by atoms with E-state index in [2.05, 4.69) is 4.98 Å². The van der Waals surface area contributed by atoms with Crippen molar-refractivity contribution < 1.29 is 32.2 Å². The Morgan fingerprint density at radius 3 is 2.66 bits per heavy atom. The van der Waals surface area contributed by atoms with Crippen molar-refractivity contribution >= 4 is 22.6 Å². The molecule has 7 nitrogen and oxygen atoms in total. The molecule has 2 aromatic carbocycles. The zero-order valence-corrected chi connectivity index (χ0v) is 19.0. The Bertz CT molecular complexity index is 1220. The summed E-state index contributed by atoms with van der Waals surface area (Å²) >= 11 is 0. The van der Waals surface area contributed by atoms with Crippen LogP contribution in [-0.2, 0) is 6.54 Å². The molecule has 0 bridgehead atoms. The molecule has 0 spiro atoms. The van der Waals surface area contributed by atoms with Crippen molar-refractivity contribution in [1.82, 2.24) is 14.8 Å². The van der Waals surface area contributed by atoms with E-state index in [0.29, 0.717) is 24.2 Å². The van der Waals surface area contributed by atoms with Crippen molar-refractivity contribution in [1.29, 1.82) is 0 Å². The summed E-state index contributed by atoms with van der Waals surface area (Å²) in [5.74, 6) is -1.11. The number of nitrogens with zero attached hydrogens (tertiary/aromatic N) is 2. The van der Waals surface area contributed by atoms with Crippen molar-refractivity contribution in [3.8, 4) is 5.75 Å². The van der Waals surface area contributed by atoms with E-state index in [1.807, 2.05) is 4.90 Å². The Balaban J connectivity index is 1.73. The second-order valence-electron chi connectivity index (χ2n) is 8.60. The lowest BCUT2D eigenvalue weighted by atomic mass is 9.97. The molecule has 4 rings (SSSR count). The summed E-state index contributed by atoms with van der Waals surface area (Å²) < 4.78 is 57.5. The zero-order chi connectivity index (χ0) is 25.3. The topological polar surface area (TPSA) is 94.8 Å². The maximum atomic E-state index is 13.2. The number of carboxylic acid groups (broad SMARTS) is 1. The molecule has 1 fully saturated rings. The lowest BCUT2D eigenvalue weighted by molar-refractivity contribution is -0.0510. The van der Waals surface area contributed by atoms with Crippen LogP contribution in [0.25, 0.3) is 10.9 Å². The number of aromatic amines is 1. The molecule has 188 valence electrons. The molecule has 1 saturated heterocycles. The third-order valence-corrected chi connectivity index (χ3v) is 6.35. The van der Waals surface area contributed by atoms with Crippen LogP contribution < -0.4 is 10.5 Å². The van der Waals surface area contributed by atoms with Gasteiger partial charge in [-0.05, 0) is 42.3 Å². The maximum absolute atomic E-state index is 13.2. The first-order valence-corrected chi connectivity index (χ1v) is 11.1. The number of alkyl halides is 4.